The van der Waals surface area contributed by atoms with Crippen molar-refractivity contribution in [3.05, 3.63) is 121 Å². The van der Waals surface area contributed by atoms with Crippen molar-refractivity contribution in [2.45, 2.75) is 18.4 Å². The average Bonchev–Trinajstić information content (AvgIpc) is 3.63. The molecule has 31 heavy (non-hydrogen) atoms. The molecule has 0 unspecified atom stereocenters. The lowest BCUT2D eigenvalue weighted by Crippen LogP contribution is -2.67. The molecule has 5 rings (SSSR count). The number of benzene rings is 4. The highest BCUT2D eigenvalue weighted by Gasteiger charge is 2.48. The third-order valence-corrected chi connectivity index (χ3v) is 11.9. The van der Waals surface area contributed by atoms with E-state index in [4.69, 9.17) is 4.74 Å². The first kappa shape index (κ1) is 19.8. The minimum Gasteiger partial charge on any atom is -0.497 e. The SMILES string of the molecule is COc1ccc([C@@H]2C[C@H]2C[Si](c2ccccc2)(c2ccccc2)c2ccccc2)cc1. The Kier molecular flexibility index (Phi) is 5.48. The number of ether oxygens (including phenoxy) is 1. The maximum absolute atomic E-state index is 5.36. The lowest BCUT2D eigenvalue weighted by atomic mass is 10.1. The second-order valence-electron chi connectivity index (χ2n) is 8.58. The summed E-state index contributed by atoms with van der Waals surface area (Å²) in [6.45, 7) is 0. The van der Waals surface area contributed by atoms with Crippen LogP contribution in [0.2, 0.25) is 6.04 Å². The molecule has 0 heterocycles. The zero-order valence-electron chi connectivity index (χ0n) is 17.9. The molecule has 0 amide bonds. The lowest BCUT2D eigenvalue weighted by Gasteiger charge is -2.34. The molecular formula is C29H28OSi. The Morgan fingerprint density at radius 1 is 0.645 bits per heavy atom. The van der Waals surface area contributed by atoms with E-state index in [1.165, 1.54) is 33.6 Å². The van der Waals surface area contributed by atoms with Gasteiger partial charge in [0.05, 0.1) is 7.11 Å². The summed E-state index contributed by atoms with van der Waals surface area (Å²) >= 11 is 0. The minimum atomic E-state index is -2.14. The van der Waals surface area contributed by atoms with E-state index in [0.29, 0.717) is 11.8 Å². The fourth-order valence-electron chi connectivity index (χ4n) is 5.15. The van der Waals surface area contributed by atoms with Crippen LogP contribution < -0.4 is 20.3 Å². The Balaban J connectivity index is 1.57. The minimum absolute atomic E-state index is 0.647. The highest BCUT2D eigenvalue weighted by Crippen LogP contribution is 2.51. The van der Waals surface area contributed by atoms with Gasteiger partial charge < -0.3 is 4.74 Å². The van der Waals surface area contributed by atoms with E-state index in [-0.39, 0.29) is 0 Å². The molecule has 154 valence electrons. The quantitative estimate of drug-likeness (QED) is 0.303. The Labute approximate surface area is 186 Å². The molecule has 1 aliphatic rings. The molecule has 1 nitrogen and oxygen atoms in total. The highest BCUT2D eigenvalue weighted by atomic mass is 28.3. The van der Waals surface area contributed by atoms with Crippen molar-refractivity contribution in [1.82, 2.24) is 0 Å². The van der Waals surface area contributed by atoms with Crippen molar-refractivity contribution in [1.29, 1.82) is 0 Å². The predicted octanol–water partition coefficient (Wildman–Crippen LogP) is 4.97. The summed E-state index contributed by atoms with van der Waals surface area (Å²) in [5, 5.41) is 4.52. The first-order chi connectivity index (χ1) is 15.3. The number of methoxy groups -OCH3 is 1. The van der Waals surface area contributed by atoms with E-state index in [1.807, 2.05) is 0 Å². The molecule has 1 fully saturated rings. The standard InChI is InChI=1S/C29H28OSi/c1-30-25-19-17-23(18-20-25)29-21-24(29)22-31(26-11-5-2-6-12-26,27-13-7-3-8-14-27)28-15-9-4-10-16-28/h2-20,24,29H,21-22H2,1H3/t24-,29-/m0/s1. The van der Waals surface area contributed by atoms with Gasteiger partial charge in [-0.15, -0.1) is 0 Å². The summed E-state index contributed by atoms with van der Waals surface area (Å²) in [4.78, 5) is 0. The van der Waals surface area contributed by atoms with Gasteiger partial charge in [0.1, 0.15) is 13.8 Å². The van der Waals surface area contributed by atoms with Gasteiger partial charge in [-0.3, -0.25) is 0 Å². The molecule has 0 spiro atoms. The monoisotopic (exact) mass is 420 g/mol. The fraction of sp³-hybridized carbons (Fsp3) is 0.172. The number of hydrogen-bond acceptors (Lipinski definition) is 1. The molecule has 0 aromatic heterocycles. The molecule has 2 atom stereocenters. The van der Waals surface area contributed by atoms with Crippen LogP contribution in [0.15, 0.2) is 115 Å². The van der Waals surface area contributed by atoms with Gasteiger partial charge in [-0.25, -0.2) is 0 Å². The van der Waals surface area contributed by atoms with Crippen LogP contribution in [0.4, 0.5) is 0 Å². The molecule has 0 bridgehead atoms. The summed E-state index contributed by atoms with van der Waals surface area (Å²) in [6, 6.07) is 43.7. The van der Waals surface area contributed by atoms with Crippen molar-refractivity contribution >= 4 is 23.6 Å². The molecule has 4 aromatic carbocycles. The third kappa shape index (κ3) is 3.84. The van der Waals surface area contributed by atoms with Gasteiger partial charge in [0.25, 0.3) is 0 Å². The summed E-state index contributed by atoms with van der Waals surface area (Å²) in [6.07, 6.45) is 1.27. The topological polar surface area (TPSA) is 9.23 Å². The van der Waals surface area contributed by atoms with Gasteiger partial charge in [0.2, 0.25) is 0 Å². The van der Waals surface area contributed by atoms with Gasteiger partial charge in [-0.2, -0.15) is 0 Å². The summed E-state index contributed by atoms with van der Waals surface area (Å²) in [7, 11) is -0.411. The first-order valence-electron chi connectivity index (χ1n) is 11.1. The van der Waals surface area contributed by atoms with Gasteiger partial charge >= 0.3 is 0 Å². The molecule has 0 saturated heterocycles. The zero-order chi connectivity index (χ0) is 21.1. The maximum Gasteiger partial charge on any atom is 0.148 e. The Hall–Kier alpha value is -3.10. The smallest absolute Gasteiger partial charge is 0.148 e. The van der Waals surface area contributed by atoms with E-state index >= 15 is 0 Å². The molecular weight excluding hydrogens is 392 g/mol. The van der Waals surface area contributed by atoms with Gasteiger partial charge in [-0.05, 0) is 57.6 Å². The predicted molar refractivity (Wildman–Crippen MR) is 133 cm³/mol. The number of rotatable bonds is 7. The van der Waals surface area contributed by atoms with Crippen molar-refractivity contribution in [2.75, 3.05) is 7.11 Å². The van der Waals surface area contributed by atoms with Crippen LogP contribution in [0.3, 0.4) is 0 Å². The van der Waals surface area contributed by atoms with Crippen LogP contribution in [0, 0.1) is 5.92 Å². The fourth-order valence-corrected chi connectivity index (χ4v) is 10.4. The molecule has 0 aliphatic heterocycles. The van der Waals surface area contributed by atoms with Crippen molar-refractivity contribution < 1.29 is 4.74 Å². The van der Waals surface area contributed by atoms with Crippen LogP contribution >= 0.6 is 0 Å². The molecule has 0 N–H and O–H groups in total. The average molecular weight is 421 g/mol. The second kappa shape index (κ2) is 8.56. The normalized spacial score (nSPS) is 17.8. The van der Waals surface area contributed by atoms with E-state index in [2.05, 4.69) is 115 Å². The first-order valence-corrected chi connectivity index (χ1v) is 13.3. The van der Waals surface area contributed by atoms with Crippen LogP contribution in [-0.4, -0.2) is 15.2 Å². The molecule has 0 radical (unpaired) electrons. The summed E-state index contributed by atoms with van der Waals surface area (Å²) < 4.78 is 5.36. The molecule has 2 heteroatoms. The van der Waals surface area contributed by atoms with Gasteiger partial charge in [0, 0.05) is 0 Å². The number of hydrogen-bond donors (Lipinski definition) is 0. The third-order valence-electron chi connectivity index (χ3n) is 6.83. The van der Waals surface area contributed by atoms with Crippen LogP contribution in [0.1, 0.15) is 17.9 Å². The van der Waals surface area contributed by atoms with Crippen molar-refractivity contribution in [3.63, 3.8) is 0 Å². The zero-order valence-corrected chi connectivity index (χ0v) is 18.9. The largest absolute Gasteiger partial charge is 0.497 e. The lowest BCUT2D eigenvalue weighted by molar-refractivity contribution is 0.414. The summed E-state index contributed by atoms with van der Waals surface area (Å²) in [5.74, 6) is 2.29. The maximum atomic E-state index is 5.36. The van der Waals surface area contributed by atoms with Crippen LogP contribution in [0.5, 0.6) is 5.75 Å². The molecule has 1 saturated carbocycles. The molecule has 4 aromatic rings. The Morgan fingerprint density at radius 3 is 1.52 bits per heavy atom. The Morgan fingerprint density at radius 2 is 1.10 bits per heavy atom. The van der Waals surface area contributed by atoms with E-state index in [9.17, 15) is 0 Å². The van der Waals surface area contributed by atoms with Crippen LogP contribution in [0.25, 0.3) is 0 Å². The van der Waals surface area contributed by atoms with Gasteiger partial charge in [0.15, 0.2) is 0 Å². The summed E-state index contributed by atoms with van der Waals surface area (Å²) in [5.41, 5.74) is 1.45. The highest BCUT2D eigenvalue weighted by molar-refractivity contribution is 7.11. The Bertz CT molecular complexity index is 1010. The van der Waals surface area contributed by atoms with Crippen molar-refractivity contribution in [2.24, 2.45) is 5.92 Å². The van der Waals surface area contributed by atoms with E-state index in [1.54, 1.807) is 7.11 Å². The van der Waals surface area contributed by atoms with Crippen LogP contribution in [-0.2, 0) is 0 Å². The van der Waals surface area contributed by atoms with E-state index < -0.39 is 8.07 Å². The molecule has 1 aliphatic carbocycles. The van der Waals surface area contributed by atoms with Gasteiger partial charge in [-0.1, -0.05) is 103 Å². The van der Waals surface area contributed by atoms with E-state index in [0.717, 1.165) is 5.75 Å². The second-order valence-corrected chi connectivity index (χ2v) is 12.5. The van der Waals surface area contributed by atoms with Crippen molar-refractivity contribution in [3.8, 4) is 5.75 Å².